The number of nitrogens with two attached hydrogens (primary N) is 1. The lowest BCUT2D eigenvalue weighted by atomic mass is 10.1. The highest BCUT2D eigenvalue weighted by Crippen LogP contribution is 2.27. The maximum absolute atomic E-state index is 6.02. The van der Waals surface area contributed by atoms with Crippen molar-refractivity contribution in [1.29, 1.82) is 0 Å². The highest BCUT2D eigenvalue weighted by Gasteiger charge is 2.03. The van der Waals surface area contributed by atoms with Gasteiger partial charge >= 0.3 is 0 Å². The van der Waals surface area contributed by atoms with Gasteiger partial charge in [0.2, 0.25) is 0 Å². The second kappa shape index (κ2) is 5.95. The predicted molar refractivity (Wildman–Crippen MR) is 84.8 cm³/mol. The van der Waals surface area contributed by atoms with E-state index in [0.717, 1.165) is 24.2 Å². The Morgan fingerprint density at radius 2 is 2.17 bits per heavy atom. The summed E-state index contributed by atoms with van der Waals surface area (Å²) in [6.45, 7) is 2.91. The van der Waals surface area contributed by atoms with Gasteiger partial charge < -0.3 is 11.1 Å². The van der Waals surface area contributed by atoms with Gasteiger partial charge in [-0.25, -0.2) is 0 Å². The molecule has 0 amide bonds. The van der Waals surface area contributed by atoms with Gasteiger partial charge in [0, 0.05) is 17.1 Å². The van der Waals surface area contributed by atoms with Crippen LogP contribution >= 0.6 is 38.9 Å². The molecule has 0 saturated carbocycles. The fraction of sp³-hybridized carbons (Fsp3) is 0.231. The zero-order valence-corrected chi connectivity index (χ0v) is 13.1. The van der Waals surface area contributed by atoms with E-state index < -0.39 is 0 Å². The molecule has 0 atom stereocenters. The van der Waals surface area contributed by atoms with Crippen molar-refractivity contribution in [3.05, 3.63) is 43.5 Å². The summed E-state index contributed by atoms with van der Waals surface area (Å²) in [6, 6.07) is 7.99. The van der Waals surface area contributed by atoms with Crippen molar-refractivity contribution < 1.29 is 0 Å². The first-order chi connectivity index (χ1) is 8.56. The maximum atomic E-state index is 6.02. The summed E-state index contributed by atoms with van der Waals surface area (Å²) in [4.78, 5) is 1.36. The number of nitrogen functional groups attached to an aromatic ring is 1. The smallest absolute Gasteiger partial charge is 0.0701 e. The number of halogens is 2. The third-order valence-corrected chi connectivity index (χ3v) is 4.67. The summed E-state index contributed by atoms with van der Waals surface area (Å²) in [5, 5.41) is 3.99. The van der Waals surface area contributed by atoms with Crippen molar-refractivity contribution in [1.82, 2.24) is 0 Å². The zero-order chi connectivity index (χ0) is 13.1. The van der Waals surface area contributed by atoms with Crippen molar-refractivity contribution in [2.24, 2.45) is 0 Å². The van der Waals surface area contributed by atoms with Crippen LogP contribution < -0.4 is 11.1 Å². The molecule has 2 aromatic rings. The minimum absolute atomic E-state index is 0.599. The molecule has 3 N–H and O–H groups in total. The van der Waals surface area contributed by atoms with Crippen LogP contribution in [-0.2, 0) is 6.42 Å². The highest BCUT2D eigenvalue weighted by atomic mass is 79.9. The van der Waals surface area contributed by atoms with Gasteiger partial charge in [-0.2, -0.15) is 0 Å². The summed E-state index contributed by atoms with van der Waals surface area (Å²) in [5.41, 5.74) is 8.54. The van der Waals surface area contributed by atoms with Crippen molar-refractivity contribution in [2.75, 3.05) is 17.6 Å². The summed E-state index contributed by atoms with van der Waals surface area (Å²) in [7, 11) is 0. The van der Waals surface area contributed by atoms with Crippen LogP contribution in [0.2, 0.25) is 5.02 Å². The van der Waals surface area contributed by atoms with Crippen LogP contribution in [-0.4, -0.2) is 6.54 Å². The molecule has 0 saturated heterocycles. The second-order valence-corrected chi connectivity index (χ2v) is 7.03. The normalized spacial score (nSPS) is 10.6. The molecule has 0 aliphatic heterocycles. The number of thiophene rings is 1. The molecule has 0 fully saturated rings. The fourth-order valence-electron chi connectivity index (χ4n) is 1.70. The number of benzene rings is 1. The molecule has 96 valence electrons. The van der Waals surface area contributed by atoms with Crippen molar-refractivity contribution in [2.45, 2.75) is 13.3 Å². The van der Waals surface area contributed by atoms with E-state index in [2.05, 4.69) is 33.4 Å². The van der Waals surface area contributed by atoms with E-state index in [1.54, 1.807) is 11.3 Å². The Balaban J connectivity index is 1.96. The maximum Gasteiger partial charge on any atom is 0.0701 e. The van der Waals surface area contributed by atoms with E-state index in [4.69, 9.17) is 17.3 Å². The van der Waals surface area contributed by atoms with Crippen LogP contribution in [0.1, 0.15) is 10.4 Å². The van der Waals surface area contributed by atoms with E-state index in [9.17, 15) is 0 Å². The summed E-state index contributed by atoms with van der Waals surface area (Å²) in [5.74, 6) is 0. The van der Waals surface area contributed by atoms with Crippen molar-refractivity contribution >= 4 is 50.2 Å². The minimum atomic E-state index is 0.599. The molecule has 2 rings (SSSR count). The first kappa shape index (κ1) is 13.7. The number of rotatable bonds is 4. The predicted octanol–water partition coefficient (Wildman–Crippen LogP) is 4.71. The highest BCUT2D eigenvalue weighted by molar-refractivity contribution is 9.11. The molecule has 1 aromatic carbocycles. The molecule has 0 unspecified atom stereocenters. The zero-order valence-electron chi connectivity index (χ0n) is 9.97. The van der Waals surface area contributed by atoms with Gasteiger partial charge in [-0.05, 0) is 59.1 Å². The van der Waals surface area contributed by atoms with Gasteiger partial charge in [-0.15, -0.1) is 11.3 Å². The molecule has 5 heteroatoms. The number of anilines is 2. The first-order valence-electron chi connectivity index (χ1n) is 5.60. The molecule has 18 heavy (non-hydrogen) atoms. The van der Waals surface area contributed by atoms with Crippen molar-refractivity contribution in [3.8, 4) is 0 Å². The SMILES string of the molecule is Cc1cc(N)c(Cl)cc1NCCc1ccc(Br)s1. The third-order valence-electron chi connectivity index (χ3n) is 2.66. The Bertz CT molecular complexity index is 554. The van der Waals surface area contributed by atoms with E-state index in [0.29, 0.717) is 10.7 Å². The van der Waals surface area contributed by atoms with Gasteiger partial charge in [-0.1, -0.05) is 11.6 Å². The van der Waals surface area contributed by atoms with Crippen LogP contribution in [0.3, 0.4) is 0 Å². The number of nitrogens with one attached hydrogen (secondary N) is 1. The number of hydrogen-bond donors (Lipinski definition) is 2. The van der Waals surface area contributed by atoms with Gasteiger partial charge in [0.05, 0.1) is 14.5 Å². The largest absolute Gasteiger partial charge is 0.398 e. The van der Waals surface area contributed by atoms with Crippen LogP contribution in [0, 0.1) is 6.92 Å². The van der Waals surface area contributed by atoms with E-state index in [-0.39, 0.29) is 0 Å². The molecule has 1 heterocycles. The molecule has 1 aromatic heterocycles. The third kappa shape index (κ3) is 3.40. The molecule has 0 spiro atoms. The lowest BCUT2D eigenvalue weighted by Gasteiger charge is -2.11. The molecule has 0 bridgehead atoms. The fourth-order valence-corrected chi connectivity index (χ4v) is 3.35. The quantitative estimate of drug-likeness (QED) is 0.788. The van der Waals surface area contributed by atoms with Gasteiger partial charge in [0.1, 0.15) is 0 Å². The number of hydrogen-bond acceptors (Lipinski definition) is 3. The molecular formula is C13H14BrClN2S. The Kier molecular flexibility index (Phi) is 4.54. The van der Waals surface area contributed by atoms with Crippen LogP contribution in [0.5, 0.6) is 0 Å². The molecule has 2 nitrogen and oxygen atoms in total. The van der Waals surface area contributed by atoms with Crippen LogP contribution in [0.15, 0.2) is 28.1 Å². The standard InChI is InChI=1S/C13H14BrClN2S/c1-8-6-11(16)10(15)7-12(8)17-5-4-9-2-3-13(14)18-9/h2-3,6-7,17H,4-5,16H2,1H3. The van der Waals surface area contributed by atoms with Crippen LogP contribution in [0.4, 0.5) is 11.4 Å². The topological polar surface area (TPSA) is 38.0 Å². The lowest BCUT2D eigenvalue weighted by molar-refractivity contribution is 1.04. The molecule has 0 aliphatic carbocycles. The average molecular weight is 346 g/mol. The summed E-state index contributed by atoms with van der Waals surface area (Å²) >= 11 is 11.2. The number of aryl methyl sites for hydroxylation is 1. The lowest BCUT2D eigenvalue weighted by Crippen LogP contribution is -2.05. The Morgan fingerprint density at radius 3 is 2.83 bits per heavy atom. The Hall–Kier alpha value is -0.710. The van der Waals surface area contributed by atoms with E-state index in [1.165, 1.54) is 8.66 Å². The molecule has 0 aliphatic rings. The first-order valence-corrected chi connectivity index (χ1v) is 7.58. The molecule has 0 radical (unpaired) electrons. The van der Waals surface area contributed by atoms with Crippen LogP contribution in [0.25, 0.3) is 0 Å². The second-order valence-electron chi connectivity index (χ2n) is 4.07. The van der Waals surface area contributed by atoms with Gasteiger partial charge in [0.25, 0.3) is 0 Å². The minimum Gasteiger partial charge on any atom is -0.398 e. The van der Waals surface area contributed by atoms with Gasteiger partial charge in [-0.3, -0.25) is 0 Å². The Morgan fingerprint density at radius 1 is 1.39 bits per heavy atom. The molecular weight excluding hydrogens is 332 g/mol. The monoisotopic (exact) mass is 344 g/mol. The van der Waals surface area contributed by atoms with E-state index >= 15 is 0 Å². The van der Waals surface area contributed by atoms with E-state index in [1.807, 2.05) is 19.1 Å². The Labute approximate surface area is 124 Å². The van der Waals surface area contributed by atoms with Crippen molar-refractivity contribution in [3.63, 3.8) is 0 Å². The average Bonchev–Trinajstić information content (AvgIpc) is 2.71. The summed E-state index contributed by atoms with van der Waals surface area (Å²) in [6.07, 6.45) is 0.998. The van der Waals surface area contributed by atoms with Gasteiger partial charge in [0.15, 0.2) is 0 Å². The summed E-state index contributed by atoms with van der Waals surface area (Å²) < 4.78 is 1.17.